The van der Waals surface area contributed by atoms with Crippen LogP contribution in [0.4, 0.5) is 0 Å². The van der Waals surface area contributed by atoms with Crippen molar-refractivity contribution in [1.82, 2.24) is 0 Å². The second-order valence-corrected chi connectivity index (χ2v) is 9.30. The van der Waals surface area contributed by atoms with Gasteiger partial charge in [-0.2, -0.15) is 0 Å². The Morgan fingerprint density at radius 2 is 1.92 bits per heavy atom. The van der Waals surface area contributed by atoms with Gasteiger partial charge in [-0.3, -0.25) is 4.79 Å². The highest BCUT2D eigenvalue weighted by atomic mass is 16.3. The number of aldehydes is 1. The zero-order valence-electron chi connectivity index (χ0n) is 16.4. The summed E-state index contributed by atoms with van der Waals surface area (Å²) in [6.45, 7) is 6.45. The Morgan fingerprint density at radius 1 is 1.23 bits per heavy atom. The number of rotatable bonds is 1. The zero-order chi connectivity index (χ0) is 19.1. The smallest absolute Gasteiger partial charge is 0.155 e. The number of aliphatic hydroxyl groups excluding tert-OH is 2. The molecule has 0 bridgehead atoms. The van der Waals surface area contributed by atoms with Crippen LogP contribution in [-0.4, -0.2) is 35.0 Å². The van der Waals surface area contributed by atoms with E-state index in [1.807, 2.05) is 6.08 Å². The molecule has 0 saturated heterocycles. The highest BCUT2D eigenvalue weighted by molar-refractivity contribution is 5.91. The first kappa shape index (κ1) is 19.8. The van der Waals surface area contributed by atoms with Crippen molar-refractivity contribution < 1.29 is 19.8 Å². The van der Waals surface area contributed by atoms with Gasteiger partial charge in [0.25, 0.3) is 0 Å². The average Bonchev–Trinajstić information content (AvgIpc) is 2.91. The highest BCUT2D eigenvalue weighted by Gasteiger charge is 2.61. The quantitative estimate of drug-likeness (QED) is 0.702. The van der Waals surface area contributed by atoms with Crippen LogP contribution in [0.15, 0.2) is 11.6 Å². The van der Waals surface area contributed by atoms with Gasteiger partial charge in [0.15, 0.2) is 5.78 Å². The molecule has 4 aliphatic carbocycles. The number of allylic oxidation sites excluding steroid dienone is 1. The predicted molar refractivity (Wildman–Crippen MR) is 100 cm³/mol. The standard InChI is InChI=1S/C20H28O3.C2H6O/c1-19-8-7-14(22)9-12(19)3-5-15-16-6-4-13(11-21)20(16,2)10-17(23)18(15)19;1-2-3/h9,11,13,15-18,23H,3-8,10H2,1-2H3;3H,2H2,1H3. The number of hydrogen-bond acceptors (Lipinski definition) is 4. The maximum atomic E-state index is 11.8. The van der Waals surface area contributed by atoms with Crippen LogP contribution in [0.5, 0.6) is 0 Å². The Balaban J connectivity index is 0.000000613. The molecule has 146 valence electrons. The minimum absolute atomic E-state index is 0.0170. The molecule has 0 aromatic rings. The molecule has 0 aliphatic heterocycles. The second-order valence-electron chi connectivity index (χ2n) is 9.30. The Labute approximate surface area is 157 Å². The minimum Gasteiger partial charge on any atom is -0.397 e. The molecule has 0 heterocycles. The van der Waals surface area contributed by atoms with Crippen LogP contribution in [-0.2, 0) is 9.59 Å². The third-order valence-corrected chi connectivity index (χ3v) is 8.13. The maximum Gasteiger partial charge on any atom is 0.155 e. The van der Waals surface area contributed by atoms with Crippen LogP contribution in [0, 0.1) is 34.5 Å². The van der Waals surface area contributed by atoms with Gasteiger partial charge in [0, 0.05) is 18.9 Å². The summed E-state index contributed by atoms with van der Waals surface area (Å²) in [5.74, 6) is 1.69. The van der Waals surface area contributed by atoms with Gasteiger partial charge < -0.3 is 15.0 Å². The number of fused-ring (bicyclic) bond motifs is 5. The van der Waals surface area contributed by atoms with E-state index < -0.39 is 0 Å². The maximum absolute atomic E-state index is 11.8. The van der Waals surface area contributed by atoms with Gasteiger partial charge in [0.1, 0.15) is 6.29 Å². The molecule has 4 nitrogen and oxygen atoms in total. The number of aliphatic hydroxyl groups is 2. The van der Waals surface area contributed by atoms with Crippen LogP contribution in [0.2, 0.25) is 0 Å². The summed E-state index contributed by atoms with van der Waals surface area (Å²) in [7, 11) is 0. The molecule has 7 unspecified atom stereocenters. The Morgan fingerprint density at radius 3 is 2.58 bits per heavy atom. The molecule has 0 aromatic carbocycles. The van der Waals surface area contributed by atoms with Gasteiger partial charge >= 0.3 is 0 Å². The lowest BCUT2D eigenvalue weighted by Gasteiger charge is -2.59. The summed E-state index contributed by atoms with van der Waals surface area (Å²) in [5.41, 5.74) is 1.24. The van der Waals surface area contributed by atoms with Crippen molar-refractivity contribution in [3.05, 3.63) is 11.6 Å². The van der Waals surface area contributed by atoms with Gasteiger partial charge in [-0.25, -0.2) is 0 Å². The van der Waals surface area contributed by atoms with E-state index in [4.69, 9.17) is 5.11 Å². The van der Waals surface area contributed by atoms with Gasteiger partial charge in [-0.05, 0) is 80.1 Å². The Hall–Kier alpha value is -1.00. The molecule has 4 aliphatic rings. The summed E-state index contributed by atoms with van der Waals surface area (Å²) in [6.07, 6.45) is 9.11. The number of ketones is 1. The SMILES string of the molecule is CC12CCC(=O)C=C1CCC1C2C(O)CC2(C)C(C=O)CCC12.CCO. The molecule has 4 heteroatoms. The number of hydrogen-bond donors (Lipinski definition) is 2. The van der Waals surface area contributed by atoms with Crippen LogP contribution >= 0.6 is 0 Å². The van der Waals surface area contributed by atoms with Crippen LogP contribution in [0.1, 0.15) is 65.7 Å². The van der Waals surface area contributed by atoms with Gasteiger partial charge in [0.05, 0.1) is 6.10 Å². The first-order valence-corrected chi connectivity index (χ1v) is 10.3. The second kappa shape index (κ2) is 7.20. The molecule has 26 heavy (non-hydrogen) atoms. The lowest BCUT2D eigenvalue weighted by atomic mass is 9.46. The van der Waals surface area contributed by atoms with Crippen molar-refractivity contribution in [1.29, 1.82) is 0 Å². The van der Waals surface area contributed by atoms with E-state index in [1.165, 1.54) is 5.57 Å². The summed E-state index contributed by atoms with van der Waals surface area (Å²) in [4.78, 5) is 23.4. The molecule has 2 N–H and O–H groups in total. The molecular formula is C22H34O4. The van der Waals surface area contributed by atoms with Gasteiger partial charge in [-0.15, -0.1) is 0 Å². The van der Waals surface area contributed by atoms with E-state index in [-0.39, 0.29) is 41.2 Å². The molecular weight excluding hydrogens is 328 g/mol. The molecule has 4 rings (SSSR count). The monoisotopic (exact) mass is 362 g/mol. The highest BCUT2D eigenvalue weighted by Crippen LogP contribution is 2.66. The van der Waals surface area contributed by atoms with Gasteiger partial charge in [-0.1, -0.05) is 19.4 Å². The molecule has 3 saturated carbocycles. The van der Waals surface area contributed by atoms with E-state index in [0.29, 0.717) is 18.3 Å². The molecule has 3 fully saturated rings. The van der Waals surface area contributed by atoms with Crippen molar-refractivity contribution >= 4 is 12.1 Å². The van der Waals surface area contributed by atoms with Crippen molar-refractivity contribution in [2.75, 3.05) is 6.61 Å². The fourth-order valence-electron chi connectivity index (χ4n) is 6.95. The Bertz CT molecular complexity index is 597. The lowest BCUT2D eigenvalue weighted by molar-refractivity contribution is -0.138. The van der Waals surface area contributed by atoms with Crippen molar-refractivity contribution in [3.8, 4) is 0 Å². The first-order chi connectivity index (χ1) is 12.3. The molecule has 0 aromatic heterocycles. The summed E-state index contributed by atoms with van der Waals surface area (Å²) in [6, 6.07) is 0. The number of carbonyl (C=O) groups is 2. The fraction of sp³-hybridized carbons (Fsp3) is 0.818. The molecule has 7 atom stereocenters. The molecule has 0 amide bonds. The van der Waals surface area contributed by atoms with E-state index in [2.05, 4.69) is 13.8 Å². The summed E-state index contributed by atoms with van der Waals surface area (Å²) >= 11 is 0. The largest absolute Gasteiger partial charge is 0.397 e. The zero-order valence-corrected chi connectivity index (χ0v) is 16.4. The molecule has 0 spiro atoms. The predicted octanol–water partition coefficient (Wildman–Crippen LogP) is 3.30. The van der Waals surface area contributed by atoms with Crippen LogP contribution in [0.3, 0.4) is 0 Å². The van der Waals surface area contributed by atoms with Crippen molar-refractivity contribution in [2.24, 2.45) is 34.5 Å². The normalized spacial score (nSPS) is 46.9. The van der Waals surface area contributed by atoms with E-state index >= 15 is 0 Å². The van der Waals surface area contributed by atoms with Crippen LogP contribution in [0.25, 0.3) is 0 Å². The first-order valence-electron chi connectivity index (χ1n) is 10.3. The fourth-order valence-corrected chi connectivity index (χ4v) is 6.95. The van der Waals surface area contributed by atoms with E-state index in [1.54, 1.807) is 6.92 Å². The topological polar surface area (TPSA) is 74.6 Å². The molecule has 0 radical (unpaired) electrons. The average molecular weight is 363 g/mol. The van der Waals surface area contributed by atoms with E-state index in [9.17, 15) is 14.7 Å². The summed E-state index contributed by atoms with van der Waals surface area (Å²) in [5, 5.41) is 18.6. The Kier molecular flexibility index (Phi) is 5.47. The van der Waals surface area contributed by atoms with Crippen molar-refractivity contribution in [3.63, 3.8) is 0 Å². The van der Waals surface area contributed by atoms with Gasteiger partial charge in [0.2, 0.25) is 0 Å². The third kappa shape index (κ3) is 2.90. The summed E-state index contributed by atoms with van der Waals surface area (Å²) < 4.78 is 0. The van der Waals surface area contributed by atoms with Crippen LogP contribution < -0.4 is 0 Å². The minimum atomic E-state index is -0.344. The third-order valence-electron chi connectivity index (χ3n) is 8.13. The number of carbonyl (C=O) groups excluding carboxylic acids is 2. The lowest BCUT2D eigenvalue weighted by Crippen LogP contribution is -2.56. The van der Waals surface area contributed by atoms with E-state index in [0.717, 1.165) is 44.8 Å². The van der Waals surface area contributed by atoms with Crippen molar-refractivity contribution in [2.45, 2.75) is 71.8 Å².